The maximum Gasteiger partial charge on any atom is 0.119 e. The predicted octanol–water partition coefficient (Wildman–Crippen LogP) is 4.19. The highest BCUT2D eigenvalue weighted by Gasteiger charge is 2.03. The van der Waals surface area contributed by atoms with E-state index in [0.717, 1.165) is 18.0 Å². The molecular weight excluding hydrogens is 262 g/mol. The zero-order valence-electron chi connectivity index (χ0n) is 12.9. The van der Waals surface area contributed by atoms with Gasteiger partial charge in [0.25, 0.3) is 0 Å². The molecule has 0 saturated heterocycles. The number of anilines is 1. The van der Waals surface area contributed by atoms with Gasteiger partial charge in [-0.25, -0.2) is 0 Å². The lowest BCUT2D eigenvalue weighted by molar-refractivity contribution is 0.119. The first-order chi connectivity index (χ1) is 10.2. The summed E-state index contributed by atoms with van der Waals surface area (Å²) in [6.45, 7) is 5.50. The van der Waals surface area contributed by atoms with Crippen molar-refractivity contribution in [2.45, 2.75) is 20.0 Å². The summed E-state index contributed by atoms with van der Waals surface area (Å²) in [6, 6.07) is 16.4. The van der Waals surface area contributed by atoms with Crippen LogP contribution in [0.25, 0.3) is 0 Å². The molecule has 3 nitrogen and oxygen atoms in total. The first kappa shape index (κ1) is 15.4. The summed E-state index contributed by atoms with van der Waals surface area (Å²) in [4.78, 5) is 0. The number of ether oxygens (including phenoxy) is 2. The first-order valence-electron chi connectivity index (χ1n) is 7.25. The fourth-order valence-corrected chi connectivity index (χ4v) is 2.04. The number of rotatable bonds is 7. The Morgan fingerprint density at radius 2 is 1.86 bits per heavy atom. The van der Waals surface area contributed by atoms with E-state index in [1.54, 1.807) is 7.11 Å². The molecule has 0 aliphatic rings. The summed E-state index contributed by atoms with van der Waals surface area (Å²) in [7, 11) is 1.72. The number of aryl methyl sites for hydroxylation is 1. The third-order valence-electron chi connectivity index (χ3n) is 3.43. The van der Waals surface area contributed by atoms with Gasteiger partial charge in [0.05, 0.1) is 6.10 Å². The van der Waals surface area contributed by atoms with Crippen molar-refractivity contribution in [2.24, 2.45) is 0 Å². The van der Waals surface area contributed by atoms with Crippen molar-refractivity contribution in [1.29, 1.82) is 0 Å². The molecule has 0 radical (unpaired) electrons. The van der Waals surface area contributed by atoms with Gasteiger partial charge in [-0.1, -0.05) is 29.8 Å². The molecule has 2 rings (SSSR count). The van der Waals surface area contributed by atoms with E-state index in [1.807, 2.05) is 25.1 Å². The van der Waals surface area contributed by atoms with Crippen LogP contribution in [0.5, 0.6) is 5.75 Å². The number of hydrogen-bond acceptors (Lipinski definition) is 3. The zero-order chi connectivity index (χ0) is 15.1. The van der Waals surface area contributed by atoms with E-state index in [-0.39, 0.29) is 6.10 Å². The monoisotopic (exact) mass is 285 g/mol. The average Bonchev–Trinajstić information content (AvgIpc) is 2.53. The van der Waals surface area contributed by atoms with E-state index >= 15 is 0 Å². The predicted molar refractivity (Wildman–Crippen MR) is 87.0 cm³/mol. The quantitative estimate of drug-likeness (QED) is 0.774. The van der Waals surface area contributed by atoms with Crippen molar-refractivity contribution >= 4 is 5.69 Å². The number of nitrogens with one attached hydrogen (secondary N) is 1. The molecule has 0 heterocycles. The molecule has 21 heavy (non-hydrogen) atoms. The van der Waals surface area contributed by atoms with Gasteiger partial charge in [-0.2, -0.15) is 0 Å². The number of methoxy groups -OCH3 is 1. The molecule has 0 aliphatic heterocycles. The highest BCUT2D eigenvalue weighted by molar-refractivity contribution is 5.46. The Bertz CT molecular complexity index is 551. The van der Waals surface area contributed by atoms with Gasteiger partial charge in [0.2, 0.25) is 0 Å². The van der Waals surface area contributed by atoms with E-state index in [1.165, 1.54) is 11.1 Å². The summed E-state index contributed by atoms with van der Waals surface area (Å²) < 4.78 is 11.0. The van der Waals surface area contributed by atoms with Crippen LogP contribution in [0.3, 0.4) is 0 Å². The molecule has 3 heteroatoms. The molecule has 2 aromatic carbocycles. The van der Waals surface area contributed by atoms with Gasteiger partial charge in [0.15, 0.2) is 0 Å². The van der Waals surface area contributed by atoms with Crippen molar-refractivity contribution in [1.82, 2.24) is 0 Å². The Labute approximate surface area is 126 Å². The minimum absolute atomic E-state index is 0.107. The van der Waals surface area contributed by atoms with Gasteiger partial charge in [-0.3, -0.25) is 0 Å². The molecule has 0 saturated carbocycles. The number of hydrogen-bond donors (Lipinski definition) is 1. The highest BCUT2D eigenvalue weighted by Crippen LogP contribution is 2.19. The summed E-state index contributed by atoms with van der Waals surface area (Å²) in [5.74, 6) is 0.907. The Morgan fingerprint density at radius 1 is 1.10 bits per heavy atom. The Balaban J connectivity index is 1.79. The molecule has 0 spiro atoms. The molecule has 0 bridgehead atoms. The Hall–Kier alpha value is -2.00. The average molecular weight is 285 g/mol. The number of benzene rings is 2. The smallest absolute Gasteiger partial charge is 0.119 e. The zero-order valence-corrected chi connectivity index (χ0v) is 12.9. The highest BCUT2D eigenvalue weighted by atomic mass is 16.5. The van der Waals surface area contributed by atoms with Gasteiger partial charge in [0, 0.05) is 19.3 Å². The lowest BCUT2D eigenvalue weighted by Gasteiger charge is -2.13. The molecule has 2 aromatic rings. The van der Waals surface area contributed by atoms with E-state index in [4.69, 9.17) is 9.47 Å². The van der Waals surface area contributed by atoms with Crippen LogP contribution < -0.4 is 10.1 Å². The maximum absolute atomic E-state index is 5.69. The van der Waals surface area contributed by atoms with Gasteiger partial charge in [-0.15, -0.1) is 0 Å². The second-order valence-corrected chi connectivity index (χ2v) is 5.09. The minimum atomic E-state index is 0.107. The lowest BCUT2D eigenvalue weighted by Crippen LogP contribution is -2.11. The van der Waals surface area contributed by atoms with Gasteiger partial charge >= 0.3 is 0 Å². The second kappa shape index (κ2) is 7.70. The molecule has 1 atom stereocenters. The molecular formula is C18H23NO2. The van der Waals surface area contributed by atoms with E-state index < -0.39 is 0 Å². The van der Waals surface area contributed by atoms with Crippen LogP contribution in [0.4, 0.5) is 5.69 Å². The van der Waals surface area contributed by atoms with Crippen molar-refractivity contribution in [3.63, 3.8) is 0 Å². The van der Waals surface area contributed by atoms with E-state index in [2.05, 4.69) is 42.6 Å². The molecule has 0 amide bonds. The van der Waals surface area contributed by atoms with Crippen LogP contribution in [0, 0.1) is 6.92 Å². The largest absolute Gasteiger partial charge is 0.492 e. The molecule has 112 valence electrons. The molecule has 0 fully saturated rings. The first-order valence-corrected chi connectivity index (χ1v) is 7.25. The molecule has 1 unspecified atom stereocenters. The van der Waals surface area contributed by atoms with Crippen molar-refractivity contribution in [2.75, 3.05) is 25.6 Å². The Kier molecular flexibility index (Phi) is 5.64. The summed E-state index contributed by atoms with van der Waals surface area (Å²) >= 11 is 0. The lowest BCUT2D eigenvalue weighted by atomic mass is 10.1. The normalized spacial score (nSPS) is 12.0. The summed E-state index contributed by atoms with van der Waals surface area (Å²) in [5, 5.41) is 3.37. The van der Waals surface area contributed by atoms with Gasteiger partial charge < -0.3 is 14.8 Å². The van der Waals surface area contributed by atoms with Gasteiger partial charge in [-0.05, 0) is 43.7 Å². The second-order valence-electron chi connectivity index (χ2n) is 5.09. The molecule has 0 aliphatic carbocycles. The third kappa shape index (κ3) is 4.80. The summed E-state index contributed by atoms with van der Waals surface area (Å²) in [6.07, 6.45) is 0.107. The SMILES string of the molecule is COC(C)c1cccc(NCCOc2ccc(C)cc2)c1. The van der Waals surface area contributed by atoms with E-state index in [9.17, 15) is 0 Å². The fourth-order valence-electron chi connectivity index (χ4n) is 2.04. The van der Waals surface area contributed by atoms with E-state index in [0.29, 0.717) is 6.61 Å². The van der Waals surface area contributed by atoms with Crippen LogP contribution >= 0.6 is 0 Å². The van der Waals surface area contributed by atoms with Crippen LogP contribution in [-0.4, -0.2) is 20.3 Å². The van der Waals surface area contributed by atoms with Gasteiger partial charge in [0.1, 0.15) is 12.4 Å². The van der Waals surface area contributed by atoms with Crippen molar-refractivity contribution < 1.29 is 9.47 Å². The van der Waals surface area contributed by atoms with Crippen molar-refractivity contribution in [3.8, 4) is 5.75 Å². The standard InChI is InChI=1S/C18H23NO2/c1-14-7-9-18(10-8-14)21-12-11-19-17-6-4-5-16(13-17)15(2)20-3/h4-10,13,15,19H,11-12H2,1-3H3. The van der Waals surface area contributed by atoms with Crippen LogP contribution in [0.2, 0.25) is 0 Å². The molecule has 0 aromatic heterocycles. The summed E-state index contributed by atoms with van der Waals surface area (Å²) in [5.41, 5.74) is 3.50. The van der Waals surface area contributed by atoms with Crippen LogP contribution in [0.15, 0.2) is 48.5 Å². The van der Waals surface area contributed by atoms with Crippen molar-refractivity contribution in [3.05, 3.63) is 59.7 Å². The maximum atomic E-state index is 5.69. The van der Waals surface area contributed by atoms with Crippen LogP contribution in [0.1, 0.15) is 24.2 Å². The Morgan fingerprint density at radius 3 is 2.57 bits per heavy atom. The van der Waals surface area contributed by atoms with Crippen LogP contribution in [-0.2, 0) is 4.74 Å². The minimum Gasteiger partial charge on any atom is -0.492 e. The topological polar surface area (TPSA) is 30.5 Å². The molecule has 1 N–H and O–H groups in total. The fraction of sp³-hybridized carbons (Fsp3) is 0.333. The third-order valence-corrected chi connectivity index (χ3v) is 3.43.